The van der Waals surface area contributed by atoms with Gasteiger partial charge in [0.25, 0.3) is 5.91 Å². The van der Waals surface area contributed by atoms with Gasteiger partial charge in [-0.1, -0.05) is 0 Å². The number of carbonyl (C=O) groups excluding carboxylic acids is 1. The zero-order valence-corrected chi connectivity index (χ0v) is 10.5. The Balaban J connectivity index is 2.25. The SMILES string of the molecule is CNC(=O)c1ccc([N+](=O)[O-])c(OC2CC(N)C2)c1. The number of nitrogens with two attached hydrogens (primary N) is 1. The summed E-state index contributed by atoms with van der Waals surface area (Å²) in [7, 11) is 1.50. The molecule has 0 unspecified atom stereocenters. The fraction of sp³-hybridized carbons (Fsp3) is 0.417. The van der Waals surface area contributed by atoms with Gasteiger partial charge in [-0.05, 0) is 18.9 Å². The van der Waals surface area contributed by atoms with E-state index in [2.05, 4.69) is 5.32 Å². The average Bonchev–Trinajstić information content (AvgIpc) is 2.35. The van der Waals surface area contributed by atoms with Crippen LogP contribution in [0.15, 0.2) is 18.2 Å². The normalized spacial score (nSPS) is 21.4. The number of nitrogens with zero attached hydrogens (tertiary/aromatic N) is 1. The van der Waals surface area contributed by atoms with Crippen LogP contribution >= 0.6 is 0 Å². The molecule has 2 rings (SSSR count). The van der Waals surface area contributed by atoms with Crippen molar-refractivity contribution < 1.29 is 14.5 Å². The van der Waals surface area contributed by atoms with Crippen molar-refractivity contribution in [1.82, 2.24) is 5.32 Å². The maximum atomic E-state index is 11.5. The number of rotatable bonds is 4. The van der Waals surface area contributed by atoms with Gasteiger partial charge in [-0.15, -0.1) is 0 Å². The molecule has 19 heavy (non-hydrogen) atoms. The third kappa shape index (κ3) is 2.82. The Kier molecular flexibility index (Phi) is 3.66. The second kappa shape index (κ2) is 5.23. The van der Waals surface area contributed by atoms with E-state index in [0.717, 1.165) is 0 Å². The average molecular weight is 265 g/mol. The molecule has 7 heteroatoms. The van der Waals surface area contributed by atoms with E-state index >= 15 is 0 Å². The van der Waals surface area contributed by atoms with Gasteiger partial charge in [0, 0.05) is 30.8 Å². The van der Waals surface area contributed by atoms with Crippen LogP contribution in [-0.2, 0) is 0 Å². The van der Waals surface area contributed by atoms with Gasteiger partial charge in [0.1, 0.15) is 6.10 Å². The molecule has 7 nitrogen and oxygen atoms in total. The quantitative estimate of drug-likeness (QED) is 0.619. The first kappa shape index (κ1) is 13.3. The van der Waals surface area contributed by atoms with Gasteiger partial charge in [-0.2, -0.15) is 0 Å². The van der Waals surface area contributed by atoms with E-state index < -0.39 is 4.92 Å². The molecule has 1 fully saturated rings. The lowest BCUT2D eigenvalue weighted by atomic mass is 9.90. The summed E-state index contributed by atoms with van der Waals surface area (Å²) >= 11 is 0. The predicted molar refractivity (Wildman–Crippen MR) is 68.1 cm³/mol. The summed E-state index contributed by atoms with van der Waals surface area (Å²) in [6.07, 6.45) is 1.22. The highest BCUT2D eigenvalue weighted by atomic mass is 16.6. The summed E-state index contributed by atoms with van der Waals surface area (Å²) in [5.41, 5.74) is 5.82. The van der Waals surface area contributed by atoms with Gasteiger partial charge in [0.05, 0.1) is 4.92 Å². The molecule has 1 aliphatic carbocycles. The van der Waals surface area contributed by atoms with Crippen LogP contribution in [-0.4, -0.2) is 30.0 Å². The first-order valence-corrected chi connectivity index (χ1v) is 5.94. The van der Waals surface area contributed by atoms with Crippen molar-refractivity contribution in [2.45, 2.75) is 25.0 Å². The Bertz CT molecular complexity index is 512. The van der Waals surface area contributed by atoms with Crippen LogP contribution in [0.1, 0.15) is 23.2 Å². The number of nitrogens with one attached hydrogen (secondary N) is 1. The van der Waals surface area contributed by atoms with Crippen molar-refractivity contribution in [3.8, 4) is 5.75 Å². The minimum atomic E-state index is -0.526. The van der Waals surface area contributed by atoms with E-state index in [-0.39, 0.29) is 29.5 Å². The maximum Gasteiger partial charge on any atom is 0.310 e. The minimum Gasteiger partial charge on any atom is -0.483 e. The number of ether oxygens (including phenoxy) is 1. The summed E-state index contributed by atoms with van der Waals surface area (Å²) in [6, 6.07) is 4.15. The fourth-order valence-corrected chi connectivity index (χ4v) is 1.93. The van der Waals surface area contributed by atoms with E-state index in [1.807, 2.05) is 0 Å². The number of nitro benzene ring substituents is 1. The molecular formula is C12H15N3O4. The smallest absolute Gasteiger partial charge is 0.310 e. The van der Waals surface area contributed by atoms with Crippen molar-refractivity contribution in [2.75, 3.05) is 7.05 Å². The highest BCUT2D eigenvalue weighted by Crippen LogP contribution is 2.32. The molecule has 0 aromatic heterocycles. The van der Waals surface area contributed by atoms with E-state index in [4.69, 9.17) is 10.5 Å². The fourth-order valence-electron chi connectivity index (χ4n) is 1.93. The summed E-state index contributed by atoms with van der Waals surface area (Å²) in [6.45, 7) is 0. The summed E-state index contributed by atoms with van der Waals surface area (Å²) < 4.78 is 5.55. The second-order valence-electron chi connectivity index (χ2n) is 4.49. The number of carbonyl (C=O) groups is 1. The van der Waals surface area contributed by atoms with Crippen LogP contribution < -0.4 is 15.8 Å². The number of benzene rings is 1. The topological polar surface area (TPSA) is 107 Å². The van der Waals surface area contributed by atoms with Gasteiger partial charge < -0.3 is 15.8 Å². The van der Waals surface area contributed by atoms with E-state index in [0.29, 0.717) is 18.4 Å². The molecule has 1 aromatic carbocycles. The maximum absolute atomic E-state index is 11.5. The lowest BCUT2D eigenvalue weighted by Gasteiger charge is -2.32. The largest absolute Gasteiger partial charge is 0.483 e. The van der Waals surface area contributed by atoms with Crippen LogP contribution in [0.2, 0.25) is 0 Å². The molecule has 1 amide bonds. The Hall–Kier alpha value is -2.15. The minimum absolute atomic E-state index is 0.0891. The summed E-state index contributed by atoms with van der Waals surface area (Å²) in [4.78, 5) is 21.9. The van der Waals surface area contributed by atoms with E-state index in [1.165, 1.54) is 25.2 Å². The number of nitro groups is 1. The van der Waals surface area contributed by atoms with Crippen LogP contribution in [0.25, 0.3) is 0 Å². The standard InChI is InChI=1S/C12H15N3O4/c1-14-12(16)7-2-3-10(15(17)18)11(4-7)19-9-5-8(13)6-9/h2-4,8-9H,5-6,13H2,1H3,(H,14,16). The summed E-state index contributed by atoms with van der Waals surface area (Å²) in [5.74, 6) is -0.201. The molecule has 1 aliphatic rings. The molecule has 1 saturated carbocycles. The summed E-state index contributed by atoms with van der Waals surface area (Å²) in [5, 5.41) is 13.4. The molecule has 0 radical (unpaired) electrons. The van der Waals surface area contributed by atoms with E-state index in [9.17, 15) is 14.9 Å². The third-order valence-electron chi connectivity index (χ3n) is 3.07. The zero-order chi connectivity index (χ0) is 14.0. The van der Waals surface area contributed by atoms with Crippen molar-refractivity contribution >= 4 is 11.6 Å². The van der Waals surface area contributed by atoms with Crippen molar-refractivity contribution in [3.63, 3.8) is 0 Å². The van der Waals surface area contributed by atoms with Gasteiger partial charge in [-0.3, -0.25) is 14.9 Å². The second-order valence-corrected chi connectivity index (χ2v) is 4.49. The molecule has 0 atom stereocenters. The number of hydrogen-bond donors (Lipinski definition) is 2. The van der Waals surface area contributed by atoms with Crippen molar-refractivity contribution in [2.24, 2.45) is 5.73 Å². The Morgan fingerprint density at radius 2 is 2.21 bits per heavy atom. The first-order chi connectivity index (χ1) is 9.01. The van der Waals surface area contributed by atoms with E-state index in [1.54, 1.807) is 0 Å². The van der Waals surface area contributed by atoms with Gasteiger partial charge in [0.15, 0.2) is 5.75 Å². The lowest BCUT2D eigenvalue weighted by molar-refractivity contribution is -0.386. The highest BCUT2D eigenvalue weighted by molar-refractivity contribution is 5.94. The van der Waals surface area contributed by atoms with Crippen molar-refractivity contribution in [3.05, 3.63) is 33.9 Å². The number of hydrogen-bond acceptors (Lipinski definition) is 5. The Morgan fingerprint density at radius 3 is 2.74 bits per heavy atom. The van der Waals surface area contributed by atoms with Crippen LogP contribution in [0, 0.1) is 10.1 Å². The van der Waals surface area contributed by atoms with Gasteiger partial charge in [0.2, 0.25) is 0 Å². The molecule has 0 heterocycles. The molecule has 0 aliphatic heterocycles. The molecule has 3 N–H and O–H groups in total. The Labute approximate surface area is 109 Å². The van der Waals surface area contributed by atoms with Crippen LogP contribution in [0.3, 0.4) is 0 Å². The monoisotopic (exact) mass is 265 g/mol. The van der Waals surface area contributed by atoms with Gasteiger partial charge >= 0.3 is 5.69 Å². The van der Waals surface area contributed by atoms with Gasteiger partial charge in [-0.25, -0.2) is 0 Å². The molecular weight excluding hydrogens is 250 g/mol. The van der Waals surface area contributed by atoms with Crippen LogP contribution in [0.5, 0.6) is 5.75 Å². The zero-order valence-electron chi connectivity index (χ0n) is 10.5. The van der Waals surface area contributed by atoms with Crippen molar-refractivity contribution in [1.29, 1.82) is 0 Å². The predicted octanol–water partition coefficient (Wildman–Crippen LogP) is 0.823. The molecule has 1 aromatic rings. The molecule has 0 spiro atoms. The molecule has 0 bridgehead atoms. The molecule has 0 saturated heterocycles. The lowest BCUT2D eigenvalue weighted by Crippen LogP contribution is -2.43. The number of amides is 1. The van der Waals surface area contributed by atoms with Crippen LogP contribution in [0.4, 0.5) is 5.69 Å². The third-order valence-corrected chi connectivity index (χ3v) is 3.07. The molecule has 102 valence electrons. The first-order valence-electron chi connectivity index (χ1n) is 5.94. The highest BCUT2D eigenvalue weighted by Gasteiger charge is 2.30. The Morgan fingerprint density at radius 1 is 1.53 bits per heavy atom.